The summed E-state index contributed by atoms with van der Waals surface area (Å²) in [6.45, 7) is 1.73. The fraction of sp³-hybridized carbons (Fsp3) is 0.200. The van der Waals surface area contributed by atoms with Crippen LogP contribution >= 0.6 is 12.3 Å². The second-order valence-electron chi connectivity index (χ2n) is 5.09. The summed E-state index contributed by atoms with van der Waals surface area (Å²) < 4.78 is 33.0. The van der Waals surface area contributed by atoms with E-state index >= 15 is 0 Å². The lowest BCUT2D eigenvalue weighted by molar-refractivity contribution is -0.434. The van der Waals surface area contributed by atoms with E-state index in [1.165, 1.54) is 12.1 Å². The molecule has 0 heterocycles. The number of nitrogen functional groups attached to an aromatic ring is 1. The Morgan fingerprint density at radius 1 is 1.12 bits per heavy atom. The van der Waals surface area contributed by atoms with Crippen molar-refractivity contribution in [3.05, 3.63) is 48.0 Å². The first-order chi connectivity index (χ1) is 12.4. The van der Waals surface area contributed by atoms with E-state index in [2.05, 4.69) is 19.6 Å². The van der Waals surface area contributed by atoms with Crippen molar-refractivity contribution in [3.8, 4) is 0 Å². The van der Waals surface area contributed by atoms with Crippen LogP contribution in [0.5, 0.6) is 0 Å². The summed E-state index contributed by atoms with van der Waals surface area (Å²) in [4.78, 5) is 0.132. The molecule has 11 heteroatoms. The first-order valence-corrected chi connectivity index (χ1v) is 9.61. The standard InChI is InChI=1S/C15H17N3O6S2/c1-11-10-13(4-7-15(11)16)18-17-12-2-5-14(6-3-12)26(20,21)9-8-22-25-24-23-19/h2-7,10,19H,8-9,16H2,1H3/b18-17+. The molecule has 0 atom stereocenters. The molecule has 0 aromatic heterocycles. The van der Waals surface area contributed by atoms with Crippen molar-refractivity contribution in [1.29, 1.82) is 0 Å². The van der Waals surface area contributed by atoms with Crippen LogP contribution in [-0.4, -0.2) is 26.0 Å². The number of azo groups is 1. The van der Waals surface area contributed by atoms with Crippen molar-refractivity contribution in [2.75, 3.05) is 18.1 Å². The van der Waals surface area contributed by atoms with Gasteiger partial charge < -0.3 is 5.73 Å². The van der Waals surface area contributed by atoms with Gasteiger partial charge in [0.25, 0.3) is 0 Å². The highest BCUT2D eigenvalue weighted by molar-refractivity contribution is 7.91. The van der Waals surface area contributed by atoms with Crippen molar-refractivity contribution in [1.82, 2.24) is 0 Å². The molecule has 0 amide bonds. The molecular formula is C15H17N3O6S2. The molecular weight excluding hydrogens is 382 g/mol. The molecule has 0 aliphatic carbocycles. The van der Waals surface area contributed by atoms with Crippen LogP contribution in [-0.2, 0) is 23.4 Å². The molecule has 0 spiro atoms. The average Bonchev–Trinajstić information content (AvgIpc) is 2.63. The minimum Gasteiger partial charge on any atom is -0.399 e. The zero-order chi connectivity index (χ0) is 19.0. The van der Waals surface area contributed by atoms with E-state index in [1.807, 2.05) is 6.92 Å². The molecule has 2 aromatic carbocycles. The number of anilines is 1. The first-order valence-electron chi connectivity index (χ1n) is 7.29. The SMILES string of the molecule is Cc1cc(/N=N/c2ccc(S(=O)(=O)CCOSOOO)cc2)ccc1N. The van der Waals surface area contributed by atoms with Gasteiger partial charge in [-0.25, -0.2) is 13.7 Å². The van der Waals surface area contributed by atoms with Crippen LogP contribution in [0.4, 0.5) is 17.1 Å². The lowest BCUT2D eigenvalue weighted by atomic mass is 10.2. The van der Waals surface area contributed by atoms with Gasteiger partial charge in [-0.1, -0.05) is 5.04 Å². The van der Waals surface area contributed by atoms with E-state index in [9.17, 15) is 8.42 Å². The van der Waals surface area contributed by atoms with Gasteiger partial charge in [-0.2, -0.15) is 10.2 Å². The van der Waals surface area contributed by atoms with Crippen molar-refractivity contribution in [3.63, 3.8) is 0 Å². The first kappa shape index (κ1) is 20.3. The number of nitrogens with two attached hydrogens (primary N) is 1. The maximum atomic E-state index is 12.1. The molecule has 0 saturated carbocycles. The molecule has 26 heavy (non-hydrogen) atoms. The Kier molecular flexibility index (Phi) is 7.50. The van der Waals surface area contributed by atoms with Gasteiger partial charge in [0, 0.05) is 5.69 Å². The van der Waals surface area contributed by atoms with E-state index < -0.39 is 9.84 Å². The highest BCUT2D eigenvalue weighted by Crippen LogP contribution is 2.23. The molecule has 2 rings (SSSR count). The summed E-state index contributed by atoms with van der Waals surface area (Å²) in [5.41, 5.74) is 8.49. The van der Waals surface area contributed by atoms with Crippen LogP contribution in [0.1, 0.15) is 5.56 Å². The lowest BCUT2D eigenvalue weighted by Crippen LogP contribution is -2.10. The number of hydrogen-bond donors (Lipinski definition) is 2. The van der Waals surface area contributed by atoms with E-state index in [4.69, 9.17) is 15.2 Å². The Balaban J connectivity index is 1.98. The van der Waals surface area contributed by atoms with Crippen LogP contribution in [0.3, 0.4) is 0 Å². The van der Waals surface area contributed by atoms with Crippen molar-refractivity contribution in [2.24, 2.45) is 10.2 Å². The topological polar surface area (TPSA) is 133 Å². The maximum Gasteiger partial charge on any atom is 0.197 e. The Hall–Kier alpha value is -2.02. The minimum atomic E-state index is -3.53. The molecule has 0 unspecified atom stereocenters. The zero-order valence-corrected chi connectivity index (χ0v) is 15.4. The average molecular weight is 399 g/mol. The predicted molar refractivity (Wildman–Crippen MR) is 96.6 cm³/mol. The number of aryl methyl sites for hydroxylation is 1. The van der Waals surface area contributed by atoms with Crippen LogP contribution < -0.4 is 5.73 Å². The van der Waals surface area contributed by atoms with Crippen LogP contribution in [0.2, 0.25) is 0 Å². The predicted octanol–water partition coefficient (Wildman–Crippen LogP) is 3.77. The van der Waals surface area contributed by atoms with E-state index in [0.717, 1.165) is 5.56 Å². The monoisotopic (exact) mass is 399 g/mol. The Bertz CT molecular complexity index is 856. The molecule has 140 valence electrons. The second kappa shape index (κ2) is 9.62. The molecule has 0 radical (unpaired) electrons. The lowest BCUT2D eigenvalue weighted by Gasteiger charge is -2.04. The van der Waals surface area contributed by atoms with Crippen molar-refractivity contribution in [2.45, 2.75) is 11.8 Å². The Morgan fingerprint density at radius 2 is 1.77 bits per heavy atom. The van der Waals surface area contributed by atoms with Crippen LogP contribution in [0.15, 0.2) is 57.6 Å². The fourth-order valence-corrected chi connectivity index (χ4v) is 3.30. The summed E-state index contributed by atoms with van der Waals surface area (Å²) in [6.07, 6.45) is 0. The molecule has 0 aliphatic heterocycles. The van der Waals surface area contributed by atoms with E-state index in [-0.39, 0.29) is 17.3 Å². The van der Waals surface area contributed by atoms with E-state index in [1.54, 1.807) is 30.3 Å². The summed E-state index contributed by atoms with van der Waals surface area (Å²) in [6, 6.07) is 11.3. The third-order valence-electron chi connectivity index (χ3n) is 3.27. The normalized spacial score (nSPS) is 11.9. The fourth-order valence-electron chi connectivity index (χ4n) is 1.89. The number of rotatable bonds is 9. The Morgan fingerprint density at radius 3 is 2.42 bits per heavy atom. The third-order valence-corrected chi connectivity index (χ3v) is 5.35. The van der Waals surface area contributed by atoms with Gasteiger partial charge in [0.2, 0.25) is 0 Å². The molecule has 9 nitrogen and oxygen atoms in total. The van der Waals surface area contributed by atoms with Crippen LogP contribution in [0, 0.1) is 6.92 Å². The number of nitrogens with zero attached hydrogens (tertiary/aromatic N) is 2. The number of hydrogen-bond acceptors (Lipinski definition) is 10. The summed E-state index contributed by atoms with van der Waals surface area (Å²) in [5, 5.41) is 19.4. The highest BCUT2D eigenvalue weighted by atomic mass is 32.2. The van der Waals surface area contributed by atoms with Gasteiger partial charge >= 0.3 is 0 Å². The molecule has 0 saturated heterocycles. The molecule has 2 aromatic rings. The quantitative estimate of drug-likeness (QED) is 0.163. The van der Waals surface area contributed by atoms with Gasteiger partial charge in [0.05, 0.1) is 28.6 Å². The second-order valence-corrected chi connectivity index (χ2v) is 7.70. The third kappa shape index (κ3) is 6.05. The largest absolute Gasteiger partial charge is 0.399 e. The summed E-state index contributed by atoms with van der Waals surface area (Å²) in [7, 11) is -3.53. The molecule has 0 bridgehead atoms. The highest BCUT2D eigenvalue weighted by Gasteiger charge is 2.14. The zero-order valence-electron chi connectivity index (χ0n) is 13.7. The minimum absolute atomic E-state index is 0.132. The number of sulfone groups is 1. The number of benzene rings is 2. The maximum absolute atomic E-state index is 12.1. The van der Waals surface area contributed by atoms with E-state index in [0.29, 0.717) is 29.4 Å². The van der Waals surface area contributed by atoms with Crippen LogP contribution in [0.25, 0.3) is 0 Å². The van der Waals surface area contributed by atoms with Gasteiger partial charge in [0.15, 0.2) is 22.2 Å². The molecule has 0 fully saturated rings. The van der Waals surface area contributed by atoms with Crippen molar-refractivity contribution >= 4 is 39.2 Å². The van der Waals surface area contributed by atoms with Crippen molar-refractivity contribution < 1.29 is 27.2 Å². The van der Waals surface area contributed by atoms with Gasteiger partial charge in [0.1, 0.15) is 0 Å². The molecule has 0 aliphatic rings. The summed E-state index contributed by atoms with van der Waals surface area (Å²) >= 11 is 0.326. The molecule has 3 N–H and O–H groups in total. The van der Waals surface area contributed by atoms with Gasteiger partial charge in [-0.3, -0.25) is 4.18 Å². The Labute approximate surface area is 155 Å². The van der Waals surface area contributed by atoms with Gasteiger partial charge in [-0.05, 0) is 55.0 Å². The summed E-state index contributed by atoms with van der Waals surface area (Å²) in [5.74, 6) is -0.264. The van der Waals surface area contributed by atoms with Gasteiger partial charge in [-0.15, -0.1) is 4.33 Å². The smallest absolute Gasteiger partial charge is 0.197 e.